The number of hydrogen-bond donors (Lipinski definition) is 0. The average molecular weight is 591 g/mol. The maximum Gasteiger partial charge on any atom is 0.410 e. The number of amides is 1. The van der Waals surface area contributed by atoms with Crippen LogP contribution in [0, 0.1) is 18.6 Å². The number of benzene rings is 2. The summed E-state index contributed by atoms with van der Waals surface area (Å²) in [6.45, 7) is 14.0. The number of nitrogens with zero attached hydrogens (tertiary/aromatic N) is 4. The Kier molecular flexibility index (Phi) is 7.58. The van der Waals surface area contributed by atoms with E-state index in [4.69, 9.17) is 4.74 Å². The molecule has 0 bridgehead atoms. The van der Waals surface area contributed by atoms with Crippen LogP contribution in [-0.2, 0) is 4.74 Å². The predicted molar refractivity (Wildman–Crippen MR) is 148 cm³/mol. The summed E-state index contributed by atoms with van der Waals surface area (Å²) in [6, 6.07) is 6.55. The third-order valence-corrected chi connectivity index (χ3v) is 7.39. The van der Waals surface area contributed by atoms with Crippen LogP contribution < -0.4 is 10.6 Å². The number of rotatable bonds is 3. The van der Waals surface area contributed by atoms with Gasteiger partial charge in [0.05, 0.1) is 15.7 Å². The number of ether oxygens (including phenoxy) is 1. The molecule has 0 spiro atoms. The number of anilines is 1. The van der Waals surface area contributed by atoms with Crippen molar-refractivity contribution < 1.29 is 18.3 Å². The van der Waals surface area contributed by atoms with Crippen molar-refractivity contribution in [1.82, 2.24) is 14.5 Å². The molecule has 1 aromatic heterocycles. The second kappa shape index (κ2) is 10.3. The van der Waals surface area contributed by atoms with Gasteiger partial charge in [0, 0.05) is 31.1 Å². The van der Waals surface area contributed by atoms with Crippen LogP contribution in [0.1, 0.15) is 58.6 Å². The number of carbonyl (C=O) groups excluding carboxylic acids is 1. The van der Waals surface area contributed by atoms with Gasteiger partial charge in [0.1, 0.15) is 17.2 Å². The third-order valence-electron chi connectivity index (χ3n) is 6.66. The summed E-state index contributed by atoms with van der Waals surface area (Å²) < 4.78 is 37.2. The van der Waals surface area contributed by atoms with Crippen molar-refractivity contribution in [2.75, 3.05) is 24.5 Å². The Hall–Kier alpha value is -3.01. The summed E-state index contributed by atoms with van der Waals surface area (Å²) in [6.07, 6.45) is -0.431. The van der Waals surface area contributed by atoms with Gasteiger partial charge >= 0.3 is 11.8 Å². The number of piperazine rings is 1. The number of aryl methyl sites for hydroxylation is 1. The standard InChI is InChI=1S/C28H33BrF2N4O3/c1-15(2)18-10-8-9-16(3)23(18)35-24-19(13-20(30)21(29)22(24)31)25(32-26(35)36)34-12-11-33(14-17(34)4)27(37)38-28(5,6)7/h8-10,13,15,17H,11-12,14H2,1-7H3/t17-/m0/s1. The highest BCUT2D eigenvalue weighted by molar-refractivity contribution is 9.10. The molecule has 204 valence electrons. The van der Waals surface area contributed by atoms with Gasteiger partial charge in [-0.1, -0.05) is 32.0 Å². The minimum absolute atomic E-state index is 0.0411. The van der Waals surface area contributed by atoms with Crippen LogP contribution in [0.25, 0.3) is 16.6 Å². The van der Waals surface area contributed by atoms with Gasteiger partial charge in [0.15, 0.2) is 5.82 Å². The van der Waals surface area contributed by atoms with Crippen LogP contribution in [0.3, 0.4) is 0 Å². The van der Waals surface area contributed by atoms with E-state index in [9.17, 15) is 14.0 Å². The van der Waals surface area contributed by atoms with Crippen molar-refractivity contribution in [3.8, 4) is 5.69 Å². The largest absolute Gasteiger partial charge is 0.444 e. The molecule has 1 atom stereocenters. The fourth-order valence-electron chi connectivity index (χ4n) is 4.91. The molecule has 0 radical (unpaired) electrons. The van der Waals surface area contributed by atoms with Crippen LogP contribution in [0.5, 0.6) is 0 Å². The van der Waals surface area contributed by atoms with E-state index in [-0.39, 0.29) is 33.2 Å². The van der Waals surface area contributed by atoms with Gasteiger partial charge in [0.25, 0.3) is 0 Å². The molecule has 1 aliphatic heterocycles. The van der Waals surface area contributed by atoms with Gasteiger partial charge in [-0.05, 0) is 73.7 Å². The Morgan fingerprint density at radius 2 is 1.89 bits per heavy atom. The Morgan fingerprint density at radius 1 is 1.21 bits per heavy atom. The van der Waals surface area contributed by atoms with E-state index in [1.165, 1.54) is 10.6 Å². The smallest absolute Gasteiger partial charge is 0.410 e. The molecule has 1 saturated heterocycles. The summed E-state index contributed by atoms with van der Waals surface area (Å²) in [5, 5.41) is 0.179. The van der Waals surface area contributed by atoms with Gasteiger partial charge < -0.3 is 14.5 Å². The number of halogens is 3. The average Bonchev–Trinajstić information content (AvgIpc) is 2.82. The minimum Gasteiger partial charge on any atom is -0.444 e. The molecule has 2 heterocycles. The van der Waals surface area contributed by atoms with Gasteiger partial charge in [-0.2, -0.15) is 4.98 Å². The van der Waals surface area contributed by atoms with Crippen molar-refractivity contribution in [3.63, 3.8) is 0 Å². The number of carbonyl (C=O) groups is 1. The number of para-hydroxylation sites is 1. The van der Waals surface area contributed by atoms with E-state index >= 15 is 4.39 Å². The normalized spacial score (nSPS) is 16.4. The summed E-state index contributed by atoms with van der Waals surface area (Å²) in [7, 11) is 0. The van der Waals surface area contributed by atoms with Crippen molar-refractivity contribution in [3.05, 3.63) is 62.0 Å². The molecule has 1 amide bonds. The van der Waals surface area contributed by atoms with Crippen LogP contribution >= 0.6 is 15.9 Å². The summed E-state index contributed by atoms with van der Waals surface area (Å²) in [5.74, 6) is -1.45. The molecule has 3 aromatic rings. The Labute approximate surface area is 229 Å². The molecule has 0 saturated carbocycles. The number of fused-ring (bicyclic) bond motifs is 1. The molecule has 0 N–H and O–H groups in total. The van der Waals surface area contributed by atoms with Crippen LogP contribution in [-0.4, -0.2) is 51.8 Å². The van der Waals surface area contributed by atoms with Gasteiger partial charge in [-0.25, -0.2) is 18.4 Å². The first kappa shape index (κ1) is 28.0. The molecule has 10 heteroatoms. The lowest BCUT2D eigenvalue weighted by Crippen LogP contribution is -2.55. The summed E-state index contributed by atoms with van der Waals surface area (Å²) in [4.78, 5) is 34.1. The molecule has 38 heavy (non-hydrogen) atoms. The van der Waals surface area contributed by atoms with Crippen LogP contribution in [0.15, 0.2) is 33.5 Å². The lowest BCUT2D eigenvalue weighted by molar-refractivity contribution is 0.0218. The van der Waals surface area contributed by atoms with Gasteiger partial charge in [-0.15, -0.1) is 0 Å². The zero-order valence-electron chi connectivity index (χ0n) is 22.7. The fourth-order valence-corrected chi connectivity index (χ4v) is 5.22. The lowest BCUT2D eigenvalue weighted by atomic mass is 9.97. The third kappa shape index (κ3) is 5.15. The maximum atomic E-state index is 15.9. The molecule has 1 aliphatic rings. The topological polar surface area (TPSA) is 67.7 Å². The van der Waals surface area contributed by atoms with E-state index in [2.05, 4.69) is 20.9 Å². The zero-order chi connectivity index (χ0) is 28.1. The van der Waals surface area contributed by atoms with E-state index in [1.54, 1.807) is 25.7 Å². The summed E-state index contributed by atoms with van der Waals surface area (Å²) >= 11 is 3.02. The molecule has 1 fully saturated rings. The Bertz CT molecular complexity index is 1470. The van der Waals surface area contributed by atoms with E-state index in [0.29, 0.717) is 25.3 Å². The van der Waals surface area contributed by atoms with Crippen molar-refractivity contribution >= 4 is 38.7 Å². The molecule has 4 rings (SSSR count). The molecular weight excluding hydrogens is 558 g/mol. The number of aromatic nitrogens is 2. The molecular formula is C28H33BrF2N4O3. The Morgan fingerprint density at radius 3 is 2.50 bits per heavy atom. The maximum absolute atomic E-state index is 15.9. The second-order valence-electron chi connectivity index (χ2n) is 11.1. The van der Waals surface area contributed by atoms with Crippen molar-refractivity contribution in [1.29, 1.82) is 0 Å². The minimum atomic E-state index is -0.876. The fraction of sp³-hybridized carbons (Fsp3) is 0.464. The van der Waals surface area contributed by atoms with Crippen molar-refractivity contribution in [2.24, 2.45) is 0 Å². The van der Waals surface area contributed by atoms with Gasteiger partial charge in [-0.3, -0.25) is 4.57 Å². The summed E-state index contributed by atoms with van der Waals surface area (Å²) in [5.41, 5.74) is 0.813. The monoisotopic (exact) mass is 590 g/mol. The Balaban J connectivity index is 1.90. The quantitative estimate of drug-likeness (QED) is 0.335. The predicted octanol–water partition coefficient (Wildman–Crippen LogP) is 6.30. The van der Waals surface area contributed by atoms with Crippen molar-refractivity contribution in [2.45, 2.75) is 66.0 Å². The van der Waals surface area contributed by atoms with E-state index in [0.717, 1.165) is 11.1 Å². The second-order valence-corrected chi connectivity index (χ2v) is 11.9. The highest BCUT2D eigenvalue weighted by Gasteiger charge is 2.33. The van der Waals surface area contributed by atoms with Crippen LogP contribution in [0.4, 0.5) is 19.4 Å². The first-order valence-electron chi connectivity index (χ1n) is 12.7. The zero-order valence-corrected chi connectivity index (χ0v) is 24.3. The molecule has 7 nitrogen and oxygen atoms in total. The SMILES string of the molecule is Cc1cccc(C(C)C)c1-n1c(=O)nc(N2CCN(C(=O)OC(C)(C)C)C[C@@H]2C)c2cc(F)c(Br)c(F)c21. The first-order chi connectivity index (χ1) is 17.7. The van der Waals surface area contributed by atoms with E-state index in [1.807, 2.05) is 50.8 Å². The van der Waals surface area contributed by atoms with Crippen LogP contribution in [0.2, 0.25) is 0 Å². The lowest BCUT2D eigenvalue weighted by Gasteiger charge is -2.41. The highest BCUT2D eigenvalue weighted by Crippen LogP contribution is 2.36. The molecule has 0 aliphatic carbocycles. The van der Waals surface area contributed by atoms with Gasteiger partial charge in [0.2, 0.25) is 0 Å². The first-order valence-corrected chi connectivity index (χ1v) is 13.4. The number of hydrogen-bond acceptors (Lipinski definition) is 5. The highest BCUT2D eigenvalue weighted by atomic mass is 79.9. The molecule has 0 unspecified atom stereocenters. The molecule has 2 aromatic carbocycles. The van der Waals surface area contributed by atoms with E-state index < -0.39 is 29.0 Å².